The Morgan fingerprint density at radius 3 is 2.32 bits per heavy atom. The number of ketones is 1. The van der Waals surface area contributed by atoms with Crippen LogP contribution in [0.3, 0.4) is 0 Å². The molecule has 4 aliphatic rings. The molecular formula is C36H54N8O6. The maximum Gasteiger partial charge on any atom is 0.289 e. The van der Waals surface area contributed by atoms with Gasteiger partial charge in [-0.25, -0.2) is 4.98 Å². The van der Waals surface area contributed by atoms with Crippen molar-refractivity contribution in [2.75, 3.05) is 13.1 Å². The van der Waals surface area contributed by atoms with E-state index in [0.717, 1.165) is 51.4 Å². The maximum atomic E-state index is 14.6. The number of carbonyl (C=O) groups is 6. The first-order chi connectivity index (χ1) is 23.9. The molecule has 50 heavy (non-hydrogen) atoms. The Kier molecular flexibility index (Phi) is 12.2. The van der Waals surface area contributed by atoms with Crippen LogP contribution in [-0.4, -0.2) is 99.5 Å². The Bertz CT molecular complexity index is 1410. The fourth-order valence-corrected chi connectivity index (χ4v) is 7.60. The van der Waals surface area contributed by atoms with Crippen LogP contribution < -0.4 is 26.6 Å². The molecule has 2 saturated carbocycles. The Labute approximate surface area is 294 Å². The minimum absolute atomic E-state index is 0.00274. The standard InChI is InChI=1S/C36H54N8O6/c1-5-9-24(29(45)34(49)40-23-12-13-23)41-33(48)28-27-22(14-15-39-27)20-44(28)35(50)30(36(2,3)4)43-31(46)25(18-21-10-7-6-8-11-21)42-32(47)26-19-37-16-17-38-26/h16-17,19,21-25,27-28,30,39H,5-15,18,20H2,1-4H3,(H,40,49)(H,41,48)(H,42,47)(H,43,46)/t22-,24-,25-,27?,28-,30+/m0/s1. The highest BCUT2D eigenvalue weighted by Gasteiger charge is 2.52. The van der Waals surface area contributed by atoms with Gasteiger partial charge in [0.2, 0.25) is 23.5 Å². The topological polar surface area (TPSA) is 192 Å². The molecule has 0 bridgehead atoms. The fraction of sp³-hybridized carbons (Fsp3) is 0.722. The van der Waals surface area contributed by atoms with Crippen molar-refractivity contribution in [2.24, 2.45) is 17.3 Å². The Balaban J connectivity index is 1.35. The number of amides is 5. The number of aromatic nitrogens is 2. The van der Waals surface area contributed by atoms with Crippen LogP contribution >= 0.6 is 0 Å². The summed E-state index contributed by atoms with van der Waals surface area (Å²) in [5.74, 6) is -3.05. The number of carbonyl (C=O) groups excluding carboxylic acids is 6. The Hall–Kier alpha value is -3.94. The fourth-order valence-electron chi connectivity index (χ4n) is 7.60. The van der Waals surface area contributed by atoms with Crippen molar-refractivity contribution in [1.82, 2.24) is 41.5 Å². The largest absolute Gasteiger partial charge is 0.347 e. The van der Waals surface area contributed by atoms with Gasteiger partial charge in [-0.2, -0.15) is 0 Å². The summed E-state index contributed by atoms with van der Waals surface area (Å²) in [4.78, 5) is 91.3. The van der Waals surface area contributed by atoms with Crippen LogP contribution in [0.1, 0.15) is 109 Å². The van der Waals surface area contributed by atoms with Gasteiger partial charge in [-0.15, -0.1) is 0 Å². The molecule has 3 heterocycles. The summed E-state index contributed by atoms with van der Waals surface area (Å²) in [5.41, 5.74) is -0.669. The lowest BCUT2D eigenvalue weighted by Gasteiger charge is -2.37. The molecule has 1 aromatic heterocycles. The van der Waals surface area contributed by atoms with E-state index in [1.807, 2.05) is 27.7 Å². The molecule has 6 atom stereocenters. The van der Waals surface area contributed by atoms with Crippen molar-refractivity contribution in [3.63, 3.8) is 0 Å². The summed E-state index contributed by atoms with van der Waals surface area (Å²) in [6.45, 7) is 8.42. The van der Waals surface area contributed by atoms with Gasteiger partial charge in [0.15, 0.2) is 0 Å². The van der Waals surface area contributed by atoms with Crippen LogP contribution in [0.25, 0.3) is 0 Å². The van der Waals surface area contributed by atoms with E-state index < -0.39 is 64.9 Å². The van der Waals surface area contributed by atoms with Crippen molar-refractivity contribution in [3.8, 4) is 0 Å². The normalized spacial score (nSPS) is 24.0. The number of nitrogens with zero attached hydrogens (tertiary/aromatic N) is 3. The molecule has 5 rings (SSSR count). The van der Waals surface area contributed by atoms with Crippen LogP contribution in [0.4, 0.5) is 0 Å². The summed E-state index contributed by atoms with van der Waals surface area (Å²) in [5, 5.41) is 14.8. The first-order valence-electron chi connectivity index (χ1n) is 18.4. The van der Waals surface area contributed by atoms with Gasteiger partial charge in [0.05, 0.1) is 12.2 Å². The third-order valence-electron chi connectivity index (χ3n) is 10.5. The number of hydrogen-bond acceptors (Lipinski definition) is 9. The number of nitrogens with one attached hydrogen (secondary N) is 5. The summed E-state index contributed by atoms with van der Waals surface area (Å²) >= 11 is 0. The predicted octanol–water partition coefficient (Wildman–Crippen LogP) is 1.40. The minimum Gasteiger partial charge on any atom is -0.347 e. The first-order valence-corrected chi connectivity index (χ1v) is 18.4. The van der Waals surface area contributed by atoms with Crippen LogP contribution in [0, 0.1) is 17.3 Å². The molecule has 2 aliphatic carbocycles. The van der Waals surface area contributed by atoms with E-state index >= 15 is 0 Å². The van der Waals surface area contributed by atoms with Crippen molar-refractivity contribution in [3.05, 3.63) is 24.3 Å². The molecule has 5 amide bonds. The predicted molar refractivity (Wildman–Crippen MR) is 184 cm³/mol. The average Bonchev–Trinajstić information content (AvgIpc) is 3.66. The Morgan fingerprint density at radius 1 is 0.940 bits per heavy atom. The van der Waals surface area contributed by atoms with Crippen LogP contribution in [0.2, 0.25) is 0 Å². The average molecular weight is 695 g/mol. The lowest BCUT2D eigenvalue weighted by atomic mass is 9.83. The quantitative estimate of drug-likeness (QED) is 0.179. The molecule has 2 saturated heterocycles. The molecule has 0 aromatic carbocycles. The van der Waals surface area contributed by atoms with E-state index in [-0.39, 0.29) is 36.0 Å². The van der Waals surface area contributed by atoms with E-state index in [0.29, 0.717) is 25.9 Å². The minimum atomic E-state index is -1.02. The van der Waals surface area contributed by atoms with Crippen LogP contribution in [0.5, 0.6) is 0 Å². The third-order valence-corrected chi connectivity index (χ3v) is 10.5. The van der Waals surface area contributed by atoms with Crippen molar-refractivity contribution >= 4 is 35.3 Å². The van der Waals surface area contributed by atoms with Gasteiger partial charge in [0, 0.05) is 31.0 Å². The number of rotatable bonds is 14. The van der Waals surface area contributed by atoms with Gasteiger partial charge in [-0.05, 0) is 55.9 Å². The third kappa shape index (κ3) is 9.23. The molecular weight excluding hydrogens is 640 g/mol. The number of hydrogen-bond donors (Lipinski definition) is 5. The summed E-state index contributed by atoms with van der Waals surface area (Å²) in [6, 6.07) is -4.22. The Morgan fingerprint density at radius 2 is 1.68 bits per heavy atom. The summed E-state index contributed by atoms with van der Waals surface area (Å²) < 4.78 is 0. The molecule has 14 nitrogen and oxygen atoms in total. The highest BCUT2D eigenvalue weighted by molar-refractivity contribution is 6.38. The number of Topliss-reactive ketones (excluding diaryl/α,β-unsaturated/α-hetero) is 1. The number of likely N-dealkylation sites (tertiary alicyclic amines) is 1. The molecule has 274 valence electrons. The van der Waals surface area contributed by atoms with Crippen molar-refractivity contribution < 1.29 is 28.8 Å². The second-order valence-corrected chi connectivity index (χ2v) is 15.6. The second-order valence-electron chi connectivity index (χ2n) is 15.6. The van der Waals surface area contributed by atoms with Crippen molar-refractivity contribution in [2.45, 2.75) is 135 Å². The molecule has 14 heteroatoms. The van der Waals surface area contributed by atoms with Crippen LogP contribution in [0.15, 0.2) is 18.6 Å². The first kappa shape index (κ1) is 37.3. The van der Waals surface area contributed by atoms with Crippen LogP contribution in [-0.2, 0) is 24.0 Å². The van der Waals surface area contributed by atoms with E-state index in [1.165, 1.54) is 23.5 Å². The zero-order valence-corrected chi connectivity index (χ0v) is 29.8. The molecule has 0 radical (unpaired) electrons. The maximum absolute atomic E-state index is 14.6. The van der Waals surface area contributed by atoms with Gasteiger partial charge in [-0.3, -0.25) is 33.8 Å². The molecule has 1 aromatic rings. The van der Waals surface area contributed by atoms with Gasteiger partial charge in [-0.1, -0.05) is 66.2 Å². The zero-order valence-electron chi connectivity index (χ0n) is 29.8. The SMILES string of the molecule is CCC[C@H](NC(=O)[C@@H]1C2NCC[C@H]2CN1C(=O)[C@@H](NC(=O)[C@H](CC1CCCCC1)NC(=O)c1cnccn1)C(C)(C)C)C(=O)C(=O)NC1CC1. The summed E-state index contributed by atoms with van der Waals surface area (Å²) in [7, 11) is 0. The molecule has 5 N–H and O–H groups in total. The van der Waals surface area contributed by atoms with E-state index in [2.05, 4.69) is 36.6 Å². The molecule has 0 spiro atoms. The van der Waals surface area contributed by atoms with Gasteiger partial charge in [0.1, 0.15) is 23.8 Å². The highest BCUT2D eigenvalue weighted by Crippen LogP contribution is 2.34. The van der Waals surface area contributed by atoms with E-state index in [9.17, 15) is 28.8 Å². The monoisotopic (exact) mass is 694 g/mol. The summed E-state index contributed by atoms with van der Waals surface area (Å²) in [6.07, 6.45) is 13.1. The molecule has 2 aliphatic heterocycles. The number of fused-ring (bicyclic) bond motifs is 1. The lowest BCUT2D eigenvalue weighted by molar-refractivity contribution is -0.145. The second kappa shape index (κ2) is 16.4. The van der Waals surface area contributed by atoms with E-state index in [4.69, 9.17) is 0 Å². The smallest absolute Gasteiger partial charge is 0.289 e. The van der Waals surface area contributed by atoms with Gasteiger partial charge >= 0.3 is 0 Å². The van der Waals surface area contributed by atoms with Gasteiger partial charge in [0.25, 0.3) is 11.8 Å². The lowest BCUT2D eigenvalue weighted by Crippen LogP contribution is -2.63. The van der Waals surface area contributed by atoms with Gasteiger partial charge < -0.3 is 31.5 Å². The van der Waals surface area contributed by atoms with E-state index in [1.54, 1.807) is 0 Å². The zero-order chi connectivity index (χ0) is 36.0. The highest BCUT2D eigenvalue weighted by atomic mass is 16.2. The molecule has 4 fully saturated rings. The molecule has 1 unspecified atom stereocenters. The van der Waals surface area contributed by atoms with Crippen molar-refractivity contribution in [1.29, 1.82) is 0 Å².